The van der Waals surface area contributed by atoms with Gasteiger partial charge in [0.05, 0.1) is 0 Å². The lowest BCUT2D eigenvalue weighted by atomic mass is 10.1. The second-order valence-electron chi connectivity index (χ2n) is 5.94. The van der Waals surface area contributed by atoms with Gasteiger partial charge in [-0.15, -0.1) is 0 Å². The highest BCUT2D eigenvalue weighted by Crippen LogP contribution is 2.08. The summed E-state index contributed by atoms with van der Waals surface area (Å²) in [5.41, 5.74) is 0. The van der Waals surface area contributed by atoms with Crippen LogP contribution in [-0.2, 0) is 9.59 Å². The Morgan fingerprint density at radius 2 is 1.39 bits per heavy atom. The molecule has 0 aromatic heterocycles. The van der Waals surface area contributed by atoms with Crippen LogP contribution < -0.4 is 0 Å². The minimum absolute atomic E-state index is 0.0581. The lowest BCUT2D eigenvalue weighted by molar-refractivity contribution is -0.115. The van der Waals surface area contributed by atoms with E-state index in [1.54, 1.807) is 0 Å². The molecule has 0 bridgehead atoms. The largest absolute Gasteiger partial charge is 0.299 e. The summed E-state index contributed by atoms with van der Waals surface area (Å²) in [6.07, 6.45) is 26.0. The molecule has 0 aromatic carbocycles. The molecule has 0 fully saturated rings. The summed E-state index contributed by atoms with van der Waals surface area (Å²) < 4.78 is 0. The standard InChI is InChI=1S/C21H34O2/c1-2-3-4-5-6-7-8-9-10-11-12-13-14-15-16-18-21(23)19-17-20-22/h6-7,9-10,17,19-20H,2-5,8,11-16,18H2,1H3/b7-6-,10-9-,19-17+. The average molecular weight is 319 g/mol. The quantitative estimate of drug-likeness (QED) is 0.149. The Balaban J connectivity index is 3.29. The van der Waals surface area contributed by atoms with Crippen molar-refractivity contribution in [3.05, 3.63) is 36.5 Å². The van der Waals surface area contributed by atoms with Gasteiger partial charge in [-0.05, 0) is 50.7 Å². The van der Waals surface area contributed by atoms with Crippen LogP contribution in [-0.4, -0.2) is 12.1 Å². The zero-order chi connectivity index (χ0) is 17.0. The van der Waals surface area contributed by atoms with Crippen molar-refractivity contribution >= 4 is 12.1 Å². The molecule has 0 atom stereocenters. The third-order valence-electron chi connectivity index (χ3n) is 3.73. The summed E-state index contributed by atoms with van der Waals surface area (Å²) in [6.45, 7) is 2.24. The molecular formula is C21H34O2. The molecule has 23 heavy (non-hydrogen) atoms. The molecule has 0 rings (SSSR count). The summed E-state index contributed by atoms with van der Waals surface area (Å²) in [7, 11) is 0. The van der Waals surface area contributed by atoms with Gasteiger partial charge in [-0.3, -0.25) is 9.59 Å². The molecule has 0 aromatic rings. The number of carbonyl (C=O) groups is 2. The van der Waals surface area contributed by atoms with Crippen LogP contribution in [0.2, 0.25) is 0 Å². The van der Waals surface area contributed by atoms with Gasteiger partial charge in [-0.1, -0.05) is 63.3 Å². The van der Waals surface area contributed by atoms with Crippen molar-refractivity contribution in [2.24, 2.45) is 0 Å². The average Bonchev–Trinajstić information content (AvgIpc) is 2.56. The number of aldehydes is 1. The van der Waals surface area contributed by atoms with E-state index >= 15 is 0 Å². The molecule has 0 amide bonds. The Bertz CT molecular complexity index is 364. The molecule has 0 N–H and O–H groups in total. The van der Waals surface area contributed by atoms with Crippen molar-refractivity contribution in [2.45, 2.75) is 84.0 Å². The molecule has 0 heterocycles. The first kappa shape index (κ1) is 21.6. The minimum Gasteiger partial charge on any atom is -0.299 e. The van der Waals surface area contributed by atoms with Crippen molar-refractivity contribution in [1.82, 2.24) is 0 Å². The van der Waals surface area contributed by atoms with E-state index in [2.05, 4.69) is 31.2 Å². The van der Waals surface area contributed by atoms with Crippen LogP contribution in [0.15, 0.2) is 36.5 Å². The Hall–Kier alpha value is -1.44. The van der Waals surface area contributed by atoms with E-state index in [1.165, 1.54) is 57.1 Å². The predicted molar refractivity (Wildman–Crippen MR) is 99.6 cm³/mol. The number of ketones is 1. The first-order chi connectivity index (χ1) is 11.3. The second kappa shape index (κ2) is 18.6. The topological polar surface area (TPSA) is 34.1 Å². The molecule has 0 aliphatic heterocycles. The van der Waals surface area contributed by atoms with Gasteiger partial charge in [0.1, 0.15) is 6.29 Å². The first-order valence-electron chi connectivity index (χ1n) is 9.26. The van der Waals surface area contributed by atoms with E-state index in [-0.39, 0.29) is 5.78 Å². The highest BCUT2D eigenvalue weighted by molar-refractivity contribution is 5.92. The van der Waals surface area contributed by atoms with Crippen LogP contribution in [0, 0.1) is 0 Å². The Kier molecular flexibility index (Phi) is 17.4. The van der Waals surface area contributed by atoms with Gasteiger partial charge >= 0.3 is 0 Å². The molecule has 0 unspecified atom stereocenters. The number of hydrogen-bond donors (Lipinski definition) is 0. The molecule has 0 spiro atoms. The third-order valence-corrected chi connectivity index (χ3v) is 3.73. The lowest BCUT2D eigenvalue weighted by Crippen LogP contribution is -1.92. The van der Waals surface area contributed by atoms with Crippen LogP contribution in [0.3, 0.4) is 0 Å². The Labute approximate surface area is 142 Å². The number of unbranched alkanes of at least 4 members (excludes halogenated alkanes) is 8. The van der Waals surface area contributed by atoms with Gasteiger partial charge in [-0.25, -0.2) is 0 Å². The molecule has 2 nitrogen and oxygen atoms in total. The fourth-order valence-electron chi connectivity index (χ4n) is 2.34. The van der Waals surface area contributed by atoms with E-state index < -0.39 is 0 Å². The van der Waals surface area contributed by atoms with E-state index in [4.69, 9.17) is 0 Å². The van der Waals surface area contributed by atoms with Gasteiger partial charge in [0, 0.05) is 6.42 Å². The predicted octanol–water partition coefficient (Wildman–Crippen LogP) is 6.12. The summed E-state index contributed by atoms with van der Waals surface area (Å²) in [5, 5.41) is 0. The summed E-state index contributed by atoms with van der Waals surface area (Å²) in [5.74, 6) is 0.0581. The number of allylic oxidation sites excluding steroid dienone is 6. The maximum Gasteiger partial charge on any atom is 0.155 e. The Morgan fingerprint density at radius 3 is 2.04 bits per heavy atom. The van der Waals surface area contributed by atoms with E-state index in [1.807, 2.05) is 0 Å². The highest BCUT2D eigenvalue weighted by Gasteiger charge is 1.96. The van der Waals surface area contributed by atoms with Gasteiger partial charge in [0.15, 0.2) is 5.78 Å². The third kappa shape index (κ3) is 18.5. The smallest absolute Gasteiger partial charge is 0.155 e. The molecule has 0 aliphatic carbocycles. The zero-order valence-corrected chi connectivity index (χ0v) is 14.8. The normalized spacial score (nSPS) is 11.9. The molecule has 0 aliphatic rings. The summed E-state index contributed by atoms with van der Waals surface area (Å²) >= 11 is 0. The summed E-state index contributed by atoms with van der Waals surface area (Å²) in [6, 6.07) is 0. The van der Waals surface area contributed by atoms with E-state index in [0.29, 0.717) is 12.7 Å². The van der Waals surface area contributed by atoms with E-state index in [9.17, 15) is 9.59 Å². The van der Waals surface area contributed by atoms with Crippen LogP contribution in [0.5, 0.6) is 0 Å². The maximum atomic E-state index is 11.3. The maximum absolute atomic E-state index is 11.3. The second-order valence-corrected chi connectivity index (χ2v) is 5.94. The minimum atomic E-state index is 0.0581. The molecule has 0 saturated heterocycles. The van der Waals surface area contributed by atoms with Crippen LogP contribution >= 0.6 is 0 Å². The molecule has 130 valence electrons. The summed E-state index contributed by atoms with van der Waals surface area (Å²) in [4.78, 5) is 21.3. The van der Waals surface area contributed by atoms with Crippen LogP contribution in [0.25, 0.3) is 0 Å². The van der Waals surface area contributed by atoms with Crippen LogP contribution in [0.1, 0.15) is 84.0 Å². The van der Waals surface area contributed by atoms with E-state index in [0.717, 1.165) is 25.7 Å². The van der Waals surface area contributed by atoms with Gasteiger partial charge < -0.3 is 0 Å². The lowest BCUT2D eigenvalue weighted by Gasteiger charge is -1.98. The van der Waals surface area contributed by atoms with Crippen molar-refractivity contribution < 1.29 is 9.59 Å². The Morgan fingerprint density at radius 1 is 0.783 bits per heavy atom. The van der Waals surface area contributed by atoms with Gasteiger partial charge in [0.25, 0.3) is 0 Å². The van der Waals surface area contributed by atoms with Crippen molar-refractivity contribution in [2.75, 3.05) is 0 Å². The van der Waals surface area contributed by atoms with Crippen molar-refractivity contribution in [3.8, 4) is 0 Å². The molecule has 2 heteroatoms. The number of carbonyl (C=O) groups excluding carboxylic acids is 2. The molecule has 0 radical (unpaired) electrons. The fraction of sp³-hybridized carbons (Fsp3) is 0.619. The number of hydrogen-bond acceptors (Lipinski definition) is 2. The fourth-order valence-corrected chi connectivity index (χ4v) is 2.34. The number of rotatable bonds is 16. The molecular weight excluding hydrogens is 284 g/mol. The molecule has 0 saturated carbocycles. The first-order valence-corrected chi connectivity index (χ1v) is 9.26. The van der Waals surface area contributed by atoms with Gasteiger partial charge in [0.2, 0.25) is 0 Å². The SMILES string of the molecule is CCCCC/C=C\C/C=C\CCCCCCCC(=O)/C=C/C=O. The van der Waals surface area contributed by atoms with Crippen LogP contribution in [0.4, 0.5) is 0 Å². The monoisotopic (exact) mass is 318 g/mol. The zero-order valence-electron chi connectivity index (χ0n) is 14.8. The van der Waals surface area contributed by atoms with Crippen molar-refractivity contribution in [1.29, 1.82) is 0 Å². The van der Waals surface area contributed by atoms with Crippen molar-refractivity contribution in [3.63, 3.8) is 0 Å². The highest BCUT2D eigenvalue weighted by atomic mass is 16.1. The van der Waals surface area contributed by atoms with Gasteiger partial charge in [-0.2, -0.15) is 0 Å².